The number of carboxylic acid groups (broad SMARTS) is 1. The molecule has 0 radical (unpaired) electrons. The zero-order valence-corrected chi connectivity index (χ0v) is 9.13. The predicted molar refractivity (Wildman–Crippen MR) is 37.4 cm³/mol. The van der Waals surface area contributed by atoms with Crippen molar-refractivity contribution >= 4 is 11.9 Å². The SMILES string of the molecule is C=CC(=O)NCCCC(=O)[O-].[Na+]. The van der Waals surface area contributed by atoms with Gasteiger partial charge < -0.3 is 15.2 Å². The molecular formula is C7H10NNaO3. The van der Waals surface area contributed by atoms with E-state index in [2.05, 4.69) is 11.9 Å². The third-order valence-electron chi connectivity index (χ3n) is 1.04. The largest absolute Gasteiger partial charge is 1.00 e. The van der Waals surface area contributed by atoms with Gasteiger partial charge in [0.2, 0.25) is 5.91 Å². The fraction of sp³-hybridized carbons (Fsp3) is 0.429. The van der Waals surface area contributed by atoms with E-state index in [0.29, 0.717) is 13.0 Å². The molecule has 0 fully saturated rings. The van der Waals surface area contributed by atoms with Crippen LogP contribution in [0, 0.1) is 0 Å². The Hall–Kier alpha value is -0.320. The van der Waals surface area contributed by atoms with E-state index in [9.17, 15) is 14.7 Å². The summed E-state index contributed by atoms with van der Waals surface area (Å²) in [7, 11) is 0. The van der Waals surface area contributed by atoms with E-state index in [0.717, 1.165) is 6.08 Å². The quantitative estimate of drug-likeness (QED) is 0.264. The summed E-state index contributed by atoms with van der Waals surface area (Å²) in [5, 5.41) is 12.3. The summed E-state index contributed by atoms with van der Waals surface area (Å²) in [6, 6.07) is 0. The average Bonchev–Trinajstić information content (AvgIpc) is 1.97. The molecule has 4 nitrogen and oxygen atoms in total. The van der Waals surface area contributed by atoms with Crippen molar-refractivity contribution in [2.75, 3.05) is 6.54 Å². The molecule has 1 amide bonds. The van der Waals surface area contributed by atoms with Crippen molar-refractivity contribution in [3.05, 3.63) is 12.7 Å². The Morgan fingerprint density at radius 3 is 2.50 bits per heavy atom. The van der Waals surface area contributed by atoms with Crippen molar-refractivity contribution in [1.82, 2.24) is 5.32 Å². The molecular weight excluding hydrogens is 169 g/mol. The van der Waals surface area contributed by atoms with Gasteiger partial charge in [-0.1, -0.05) is 6.58 Å². The minimum absolute atomic E-state index is 0. The van der Waals surface area contributed by atoms with Crippen LogP contribution in [0.5, 0.6) is 0 Å². The number of carbonyl (C=O) groups is 2. The summed E-state index contributed by atoms with van der Waals surface area (Å²) in [6.07, 6.45) is 1.50. The molecule has 0 saturated heterocycles. The molecule has 0 bridgehead atoms. The normalized spacial score (nSPS) is 8.00. The first-order valence-electron chi connectivity index (χ1n) is 3.27. The first kappa shape index (κ1) is 14.2. The number of carbonyl (C=O) groups excluding carboxylic acids is 2. The van der Waals surface area contributed by atoms with Gasteiger partial charge >= 0.3 is 29.6 Å². The number of nitrogens with one attached hydrogen (secondary N) is 1. The molecule has 0 aromatic rings. The van der Waals surface area contributed by atoms with E-state index in [-0.39, 0.29) is 41.9 Å². The molecule has 0 unspecified atom stereocenters. The molecule has 12 heavy (non-hydrogen) atoms. The molecule has 0 spiro atoms. The molecule has 0 rings (SSSR count). The number of hydrogen-bond acceptors (Lipinski definition) is 3. The molecule has 5 heteroatoms. The van der Waals surface area contributed by atoms with E-state index >= 15 is 0 Å². The molecule has 0 aliphatic rings. The molecule has 0 aliphatic carbocycles. The third kappa shape index (κ3) is 9.68. The summed E-state index contributed by atoms with van der Waals surface area (Å²) in [5.41, 5.74) is 0. The van der Waals surface area contributed by atoms with Gasteiger partial charge in [-0.2, -0.15) is 0 Å². The molecule has 0 aromatic carbocycles. The summed E-state index contributed by atoms with van der Waals surface area (Å²) >= 11 is 0. The third-order valence-corrected chi connectivity index (χ3v) is 1.04. The Kier molecular flexibility index (Phi) is 10.4. The van der Waals surface area contributed by atoms with Gasteiger partial charge in [-0.25, -0.2) is 0 Å². The van der Waals surface area contributed by atoms with Crippen molar-refractivity contribution in [2.24, 2.45) is 0 Å². The standard InChI is InChI=1S/C7H11NO3.Na/c1-2-6(9)8-5-3-4-7(10)11;/h2H,1,3-5H2,(H,8,9)(H,10,11);/q;+1/p-1. The van der Waals surface area contributed by atoms with Crippen LogP contribution < -0.4 is 40.0 Å². The van der Waals surface area contributed by atoms with E-state index in [4.69, 9.17) is 0 Å². The van der Waals surface area contributed by atoms with Crippen LogP contribution in [0.15, 0.2) is 12.7 Å². The van der Waals surface area contributed by atoms with Crippen LogP contribution in [-0.4, -0.2) is 18.4 Å². The van der Waals surface area contributed by atoms with Crippen LogP contribution in [0.3, 0.4) is 0 Å². The van der Waals surface area contributed by atoms with E-state index in [1.807, 2.05) is 0 Å². The van der Waals surface area contributed by atoms with Gasteiger partial charge in [-0.05, 0) is 18.9 Å². The summed E-state index contributed by atoms with van der Waals surface area (Å²) < 4.78 is 0. The van der Waals surface area contributed by atoms with Crippen molar-refractivity contribution in [3.8, 4) is 0 Å². The van der Waals surface area contributed by atoms with Crippen molar-refractivity contribution in [1.29, 1.82) is 0 Å². The van der Waals surface area contributed by atoms with Crippen LogP contribution in [-0.2, 0) is 9.59 Å². The minimum Gasteiger partial charge on any atom is -0.550 e. The number of amides is 1. The van der Waals surface area contributed by atoms with Crippen molar-refractivity contribution < 1.29 is 44.3 Å². The zero-order valence-electron chi connectivity index (χ0n) is 7.13. The number of rotatable bonds is 5. The molecule has 0 aromatic heterocycles. The minimum atomic E-state index is -1.10. The molecule has 0 saturated carbocycles. The van der Waals surface area contributed by atoms with Gasteiger partial charge in [0.25, 0.3) is 0 Å². The second-order valence-corrected chi connectivity index (χ2v) is 1.97. The van der Waals surface area contributed by atoms with Gasteiger partial charge in [0, 0.05) is 12.5 Å². The molecule has 0 heterocycles. The van der Waals surface area contributed by atoms with Gasteiger partial charge in [0.15, 0.2) is 0 Å². The van der Waals surface area contributed by atoms with E-state index < -0.39 is 5.97 Å². The van der Waals surface area contributed by atoms with E-state index in [1.54, 1.807) is 0 Å². The van der Waals surface area contributed by atoms with Crippen LogP contribution in [0.25, 0.3) is 0 Å². The Balaban J connectivity index is 0. The second-order valence-electron chi connectivity index (χ2n) is 1.97. The van der Waals surface area contributed by atoms with E-state index in [1.165, 1.54) is 0 Å². The Morgan fingerprint density at radius 1 is 1.50 bits per heavy atom. The maximum Gasteiger partial charge on any atom is 1.00 e. The fourth-order valence-electron chi connectivity index (χ4n) is 0.516. The topological polar surface area (TPSA) is 69.2 Å². The number of aliphatic carboxylic acids is 1. The average molecular weight is 179 g/mol. The van der Waals surface area contributed by atoms with Crippen LogP contribution >= 0.6 is 0 Å². The maximum absolute atomic E-state index is 10.5. The number of hydrogen-bond donors (Lipinski definition) is 1. The first-order chi connectivity index (χ1) is 5.16. The zero-order chi connectivity index (χ0) is 8.69. The Morgan fingerprint density at radius 2 is 2.08 bits per heavy atom. The molecule has 1 N–H and O–H groups in total. The summed E-state index contributed by atoms with van der Waals surface area (Å²) in [6.45, 7) is 3.58. The van der Waals surface area contributed by atoms with Crippen molar-refractivity contribution in [2.45, 2.75) is 12.8 Å². The summed E-state index contributed by atoms with van der Waals surface area (Å²) in [5.74, 6) is -1.39. The van der Waals surface area contributed by atoms with Gasteiger partial charge in [-0.3, -0.25) is 4.79 Å². The molecule has 62 valence electrons. The number of carboxylic acids is 1. The van der Waals surface area contributed by atoms with Crippen molar-refractivity contribution in [3.63, 3.8) is 0 Å². The smallest absolute Gasteiger partial charge is 0.550 e. The molecule has 0 aliphatic heterocycles. The van der Waals surface area contributed by atoms with Crippen LogP contribution in [0.2, 0.25) is 0 Å². The second kappa shape index (κ2) is 8.77. The molecule has 0 atom stereocenters. The van der Waals surface area contributed by atoms with Gasteiger partial charge in [0.1, 0.15) is 0 Å². The Labute approximate surface area is 93.3 Å². The first-order valence-corrected chi connectivity index (χ1v) is 3.27. The van der Waals surface area contributed by atoms with Crippen LogP contribution in [0.1, 0.15) is 12.8 Å². The maximum atomic E-state index is 10.5. The monoisotopic (exact) mass is 179 g/mol. The van der Waals surface area contributed by atoms with Gasteiger partial charge in [-0.15, -0.1) is 0 Å². The predicted octanol–water partition coefficient (Wildman–Crippen LogP) is -4.18. The Bertz CT molecular complexity index is 170. The van der Waals surface area contributed by atoms with Gasteiger partial charge in [0.05, 0.1) is 0 Å². The fourth-order valence-corrected chi connectivity index (χ4v) is 0.516. The van der Waals surface area contributed by atoms with Crippen LogP contribution in [0.4, 0.5) is 0 Å². The summed E-state index contributed by atoms with van der Waals surface area (Å²) in [4.78, 5) is 20.3.